The minimum absolute atomic E-state index is 0.236. The monoisotopic (exact) mass is 299 g/mol. The number of hydrogen-bond donors (Lipinski definition) is 1. The smallest absolute Gasteiger partial charge is 0.410 e. The van der Waals surface area contributed by atoms with Crippen LogP contribution in [0.15, 0.2) is 60.7 Å². The summed E-state index contributed by atoms with van der Waals surface area (Å²) in [6, 6.07) is 17.5. The summed E-state index contributed by atoms with van der Waals surface area (Å²) >= 11 is 0. The van der Waals surface area contributed by atoms with E-state index in [1.54, 1.807) is 55.5 Å². The van der Waals surface area contributed by atoms with Gasteiger partial charge in [-0.2, -0.15) is 0 Å². The van der Waals surface area contributed by atoms with Gasteiger partial charge in [0.1, 0.15) is 0 Å². The predicted molar refractivity (Wildman–Crippen MR) is 81.2 cm³/mol. The van der Waals surface area contributed by atoms with Gasteiger partial charge < -0.3 is 9.47 Å². The second-order valence-electron chi connectivity index (χ2n) is 4.43. The van der Waals surface area contributed by atoms with Crippen LogP contribution < -0.4 is 5.32 Å². The lowest BCUT2D eigenvalue weighted by molar-refractivity contribution is 0.0202. The third-order valence-corrected chi connectivity index (χ3v) is 2.86. The standard InChI is InChI=1S/C17H17NO4/c1-2-21-17(20)18-15(13-9-5-3-6-10-13)22-16(19)14-11-7-4-8-12-14/h3-12,15H,2H2,1H3,(H,18,20). The molecule has 0 aromatic heterocycles. The molecule has 0 fully saturated rings. The molecule has 0 radical (unpaired) electrons. The Kier molecular flexibility index (Phi) is 5.54. The molecule has 2 aromatic rings. The van der Waals surface area contributed by atoms with Crippen LogP contribution in [-0.4, -0.2) is 18.7 Å². The van der Waals surface area contributed by atoms with Crippen LogP contribution in [-0.2, 0) is 9.47 Å². The normalized spacial score (nSPS) is 11.3. The first-order chi connectivity index (χ1) is 10.7. The zero-order chi connectivity index (χ0) is 15.8. The zero-order valence-electron chi connectivity index (χ0n) is 12.2. The Balaban J connectivity index is 2.14. The second-order valence-corrected chi connectivity index (χ2v) is 4.43. The van der Waals surface area contributed by atoms with Gasteiger partial charge in [0.05, 0.1) is 12.2 Å². The van der Waals surface area contributed by atoms with Crippen molar-refractivity contribution in [3.8, 4) is 0 Å². The molecule has 2 rings (SSSR count). The van der Waals surface area contributed by atoms with Gasteiger partial charge in [-0.15, -0.1) is 0 Å². The molecular formula is C17H17NO4. The summed E-state index contributed by atoms with van der Waals surface area (Å²) in [7, 11) is 0. The van der Waals surface area contributed by atoms with Gasteiger partial charge in [0.25, 0.3) is 0 Å². The van der Waals surface area contributed by atoms with Crippen LogP contribution in [0.2, 0.25) is 0 Å². The molecule has 0 aliphatic rings. The molecule has 0 saturated carbocycles. The lowest BCUT2D eigenvalue weighted by atomic mass is 10.2. The number of carbonyl (C=O) groups excluding carboxylic acids is 2. The van der Waals surface area contributed by atoms with Gasteiger partial charge >= 0.3 is 12.1 Å². The molecule has 0 aliphatic carbocycles. The van der Waals surface area contributed by atoms with Gasteiger partial charge in [-0.25, -0.2) is 9.59 Å². The molecule has 2 aromatic carbocycles. The molecule has 1 unspecified atom stereocenters. The molecule has 1 N–H and O–H groups in total. The Hall–Kier alpha value is -2.82. The average molecular weight is 299 g/mol. The maximum atomic E-state index is 12.2. The molecule has 1 atom stereocenters. The first-order valence-electron chi connectivity index (χ1n) is 6.95. The highest BCUT2D eigenvalue weighted by Gasteiger charge is 2.20. The average Bonchev–Trinajstić information content (AvgIpc) is 2.56. The van der Waals surface area contributed by atoms with Crippen LogP contribution in [0.3, 0.4) is 0 Å². The van der Waals surface area contributed by atoms with E-state index in [0.717, 1.165) is 0 Å². The molecule has 1 amide bonds. The summed E-state index contributed by atoms with van der Waals surface area (Å²) in [5.41, 5.74) is 1.06. The molecule has 0 aliphatic heterocycles. The zero-order valence-corrected chi connectivity index (χ0v) is 12.2. The Labute approximate surface area is 128 Å². The fourth-order valence-electron chi connectivity index (χ4n) is 1.84. The van der Waals surface area contributed by atoms with Gasteiger partial charge in [-0.05, 0) is 19.1 Å². The molecule has 0 saturated heterocycles. The second kappa shape index (κ2) is 7.83. The van der Waals surface area contributed by atoms with Crippen molar-refractivity contribution in [2.45, 2.75) is 13.2 Å². The van der Waals surface area contributed by atoms with E-state index in [1.165, 1.54) is 0 Å². The van der Waals surface area contributed by atoms with Crippen LogP contribution in [0.25, 0.3) is 0 Å². The van der Waals surface area contributed by atoms with Crippen molar-refractivity contribution in [3.63, 3.8) is 0 Å². The Bertz CT molecular complexity index is 613. The fraction of sp³-hybridized carbons (Fsp3) is 0.176. The molecular weight excluding hydrogens is 282 g/mol. The van der Waals surface area contributed by atoms with Crippen LogP contribution in [0, 0.1) is 0 Å². The summed E-state index contributed by atoms with van der Waals surface area (Å²) < 4.78 is 10.2. The summed E-state index contributed by atoms with van der Waals surface area (Å²) in [6.07, 6.45) is -1.55. The first-order valence-corrected chi connectivity index (χ1v) is 6.95. The Morgan fingerprint density at radius 1 is 1.00 bits per heavy atom. The summed E-state index contributed by atoms with van der Waals surface area (Å²) in [4.78, 5) is 23.8. The van der Waals surface area contributed by atoms with Crippen LogP contribution >= 0.6 is 0 Å². The van der Waals surface area contributed by atoms with Gasteiger partial charge in [0.15, 0.2) is 0 Å². The van der Waals surface area contributed by atoms with Crippen molar-refractivity contribution in [1.29, 1.82) is 0 Å². The largest absolute Gasteiger partial charge is 0.450 e. The maximum Gasteiger partial charge on any atom is 0.410 e. The van der Waals surface area contributed by atoms with Crippen molar-refractivity contribution in [2.24, 2.45) is 0 Å². The minimum Gasteiger partial charge on any atom is -0.450 e. The number of rotatable bonds is 5. The molecule has 114 valence electrons. The molecule has 0 bridgehead atoms. The SMILES string of the molecule is CCOC(=O)NC(OC(=O)c1ccccc1)c1ccccc1. The minimum atomic E-state index is -0.909. The topological polar surface area (TPSA) is 64.6 Å². The van der Waals surface area contributed by atoms with E-state index in [9.17, 15) is 9.59 Å². The number of amides is 1. The number of ether oxygens (including phenoxy) is 2. The highest BCUT2D eigenvalue weighted by atomic mass is 16.6. The fourth-order valence-corrected chi connectivity index (χ4v) is 1.84. The number of carbonyl (C=O) groups is 2. The van der Waals surface area contributed by atoms with Crippen LogP contribution in [0.1, 0.15) is 29.1 Å². The number of nitrogens with one attached hydrogen (secondary N) is 1. The third-order valence-electron chi connectivity index (χ3n) is 2.86. The summed E-state index contributed by atoms with van der Waals surface area (Å²) in [5, 5.41) is 2.53. The van der Waals surface area contributed by atoms with Crippen molar-refractivity contribution in [2.75, 3.05) is 6.61 Å². The maximum absolute atomic E-state index is 12.2. The Morgan fingerprint density at radius 2 is 1.59 bits per heavy atom. The molecule has 22 heavy (non-hydrogen) atoms. The quantitative estimate of drug-likeness (QED) is 0.679. The number of alkyl carbamates (subject to hydrolysis) is 1. The van der Waals surface area contributed by atoms with Crippen LogP contribution in [0.5, 0.6) is 0 Å². The molecule has 5 nitrogen and oxygen atoms in total. The third kappa shape index (κ3) is 4.34. The summed E-state index contributed by atoms with van der Waals surface area (Å²) in [5.74, 6) is -0.522. The van der Waals surface area contributed by atoms with E-state index in [2.05, 4.69) is 5.32 Å². The lowest BCUT2D eigenvalue weighted by Crippen LogP contribution is -2.32. The summed E-state index contributed by atoms with van der Waals surface area (Å²) in [6.45, 7) is 1.94. The molecule has 0 spiro atoms. The van der Waals surface area contributed by atoms with Crippen molar-refractivity contribution in [3.05, 3.63) is 71.8 Å². The van der Waals surface area contributed by atoms with E-state index in [1.807, 2.05) is 12.1 Å². The highest BCUT2D eigenvalue weighted by molar-refractivity contribution is 5.89. The highest BCUT2D eigenvalue weighted by Crippen LogP contribution is 2.16. The van der Waals surface area contributed by atoms with E-state index in [4.69, 9.17) is 9.47 Å². The van der Waals surface area contributed by atoms with Gasteiger partial charge in [-0.1, -0.05) is 48.5 Å². The molecule has 0 heterocycles. The predicted octanol–water partition coefficient (Wildman–Crippen LogP) is 3.29. The van der Waals surface area contributed by atoms with Gasteiger partial charge in [-0.3, -0.25) is 5.32 Å². The van der Waals surface area contributed by atoms with Gasteiger partial charge in [0, 0.05) is 5.56 Å². The lowest BCUT2D eigenvalue weighted by Gasteiger charge is -2.19. The number of hydrogen-bond acceptors (Lipinski definition) is 4. The first kappa shape index (κ1) is 15.6. The number of esters is 1. The van der Waals surface area contributed by atoms with E-state index in [-0.39, 0.29) is 6.61 Å². The van der Waals surface area contributed by atoms with E-state index >= 15 is 0 Å². The van der Waals surface area contributed by atoms with Crippen molar-refractivity contribution < 1.29 is 19.1 Å². The van der Waals surface area contributed by atoms with E-state index in [0.29, 0.717) is 11.1 Å². The Morgan fingerprint density at radius 3 is 2.18 bits per heavy atom. The van der Waals surface area contributed by atoms with Crippen molar-refractivity contribution in [1.82, 2.24) is 5.32 Å². The van der Waals surface area contributed by atoms with Crippen LogP contribution in [0.4, 0.5) is 4.79 Å². The number of benzene rings is 2. The van der Waals surface area contributed by atoms with Gasteiger partial charge in [0.2, 0.25) is 6.23 Å². The van der Waals surface area contributed by atoms with E-state index < -0.39 is 18.3 Å². The molecule has 5 heteroatoms. The van der Waals surface area contributed by atoms with Crippen molar-refractivity contribution >= 4 is 12.1 Å².